The summed E-state index contributed by atoms with van der Waals surface area (Å²) in [7, 11) is 3.85. The molecule has 3 heterocycles. The van der Waals surface area contributed by atoms with E-state index in [0.717, 1.165) is 26.2 Å². The van der Waals surface area contributed by atoms with Gasteiger partial charge < -0.3 is 30.1 Å². The number of ether oxygens (including phenoxy) is 1. The summed E-state index contributed by atoms with van der Waals surface area (Å²) >= 11 is 0. The molecule has 0 spiro atoms. The van der Waals surface area contributed by atoms with Crippen molar-refractivity contribution < 1.29 is 22.7 Å². The first-order valence-corrected chi connectivity index (χ1v) is 12.0. The van der Waals surface area contributed by atoms with Crippen LogP contribution in [-0.2, 0) is 11.3 Å². The normalized spacial score (nSPS) is 17.7. The van der Waals surface area contributed by atoms with Gasteiger partial charge in [-0.25, -0.2) is 0 Å². The number of benzene rings is 1. The van der Waals surface area contributed by atoms with Crippen LogP contribution in [0.5, 0.6) is 5.75 Å². The van der Waals surface area contributed by atoms with E-state index in [4.69, 9.17) is 4.98 Å². The molecule has 0 aliphatic carbocycles. The van der Waals surface area contributed by atoms with Crippen LogP contribution in [-0.4, -0.2) is 85.5 Å². The van der Waals surface area contributed by atoms with E-state index in [1.807, 2.05) is 4.90 Å². The van der Waals surface area contributed by atoms with Crippen LogP contribution >= 0.6 is 0 Å². The van der Waals surface area contributed by atoms with Crippen molar-refractivity contribution in [1.82, 2.24) is 25.2 Å². The maximum atomic E-state index is 12.7. The molecule has 0 bridgehead atoms. The van der Waals surface area contributed by atoms with Gasteiger partial charge in [0.1, 0.15) is 5.75 Å². The van der Waals surface area contributed by atoms with Crippen molar-refractivity contribution in [2.45, 2.75) is 25.7 Å². The van der Waals surface area contributed by atoms with E-state index in [2.05, 4.69) is 42.2 Å². The monoisotopic (exact) mass is 508 g/mol. The molecule has 2 N–H and O–H groups in total. The molecule has 2 aliphatic rings. The molecule has 10 nitrogen and oxygen atoms in total. The lowest BCUT2D eigenvalue weighted by molar-refractivity contribution is -0.274. The molecule has 2 aliphatic heterocycles. The quantitative estimate of drug-likeness (QED) is 0.583. The molecule has 0 unspecified atom stereocenters. The summed E-state index contributed by atoms with van der Waals surface area (Å²) < 4.78 is 42.0. The summed E-state index contributed by atoms with van der Waals surface area (Å²) in [5.74, 6) is 0.943. The van der Waals surface area contributed by atoms with Crippen LogP contribution < -0.4 is 25.2 Å². The summed E-state index contributed by atoms with van der Waals surface area (Å²) in [5, 5.41) is 5.76. The SMILES string of the molecule is CNc1nc(N2CCC(C(=O)NCc3ccccc3OC(F)(F)F)CC2)nc(N2CCN(C)CC2)n1. The molecular formula is C23H31F3N8O2. The van der Waals surface area contributed by atoms with Crippen molar-refractivity contribution in [3.05, 3.63) is 29.8 Å². The number of aromatic nitrogens is 3. The number of rotatable bonds is 7. The molecule has 0 atom stereocenters. The average molecular weight is 509 g/mol. The number of likely N-dealkylation sites (N-methyl/N-ethyl adjacent to an activating group) is 1. The van der Waals surface area contributed by atoms with Crippen LogP contribution in [0.1, 0.15) is 18.4 Å². The second-order valence-electron chi connectivity index (χ2n) is 8.93. The topological polar surface area (TPSA) is 98.8 Å². The van der Waals surface area contributed by atoms with E-state index < -0.39 is 6.36 Å². The highest BCUT2D eigenvalue weighted by molar-refractivity contribution is 5.79. The maximum Gasteiger partial charge on any atom is 0.573 e. The number of hydrogen-bond donors (Lipinski definition) is 2. The number of piperidine rings is 1. The van der Waals surface area contributed by atoms with Crippen LogP contribution in [0.25, 0.3) is 0 Å². The van der Waals surface area contributed by atoms with Gasteiger partial charge >= 0.3 is 6.36 Å². The molecular weight excluding hydrogens is 477 g/mol. The number of carbonyl (C=O) groups is 1. The van der Waals surface area contributed by atoms with Gasteiger partial charge in [0.05, 0.1) is 0 Å². The van der Waals surface area contributed by atoms with Crippen molar-refractivity contribution in [3.8, 4) is 5.75 Å². The van der Waals surface area contributed by atoms with Crippen molar-refractivity contribution in [1.29, 1.82) is 0 Å². The highest BCUT2D eigenvalue weighted by Gasteiger charge is 2.32. The number of hydrogen-bond acceptors (Lipinski definition) is 9. The minimum absolute atomic E-state index is 0.0430. The fraction of sp³-hybridized carbons (Fsp3) is 0.565. The standard InChI is InChI=1S/C23H31F3N8O2/c1-27-20-29-21(31-22(30-20)34-13-11-32(2)12-14-34)33-9-7-16(8-10-33)19(35)28-15-17-5-3-4-6-18(17)36-23(24,25)26/h3-6,16H,7-15H2,1-2H3,(H,28,35)(H,27,29,30,31). The van der Waals surface area contributed by atoms with Gasteiger partial charge in [-0.1, -0.05) is 18.2 Å². The van der Waals surface area contributed by atoms with Gasteiger partial charge in [0.15, 0.2) is 0 Å². The van der Waals surface area contributed by atoms with Gasteiger partial charge in [-0.15, -0.1) is 13.2 Å². The first-order chi connectivity index (χ1) is 17.2. The Balaban J connectivity index is 1.34. The molecule has 4 rings (SSSR count). The van der Waals surface area contributed by atoms with Crippen molar-refractivity contribution >= 4 is 23.8 Å². The summed E-state index contributed by atoms with van der Waals surface area (Å²) in [6, 6.07) is 5.80. The van der Waals surface area contributed by atoms with Gasteiger partial charge in [-0.3, -0.25) is 4.79 Å². The Bertz CT molecular complexity index is 1040. The Kier molecular flexibility index (Phi) is 7.97. The largest absolute Gasteiger partial charge is 0.573 e. The maximum absolute atomic E-state index is 12.7. The predicted octanol–water partition coefficient (Wildman–Crippen LogP) is 2.10. The first-order valence-electron chi connectivity index (χ1n) is 12.0. The Labute approximate surface area is 207 Å². The third-order valence-electron chi connectivity index (χ3n) is 6.42. The number of para-hydroxylation sites is 1. The summed E-state index contributed by atoms with van der Waals surface area (Å²) in [6.07, 6.45) is -3.63. The number of piperazine rings is 1. The summed E-state index contributed by atoms with van der Waals surface area (Å²) in [4.78, 5) is 32.9. The zero-order valence-corrected chi connectivity index (χ0v) is 20.4. The van der Waals surface area contributed by atoms with Gasteiger partial charge in [0, 0.05) is 64.3 Å². The van der Waals surface area contributed by atoms with Crippen molar-refractivity contribution in [2.24, 2.45) is 5.92 Å². The zero-order chi connectivity index (χ0) is 25.7. The molecule has 1 aromatic heterocycles. The number of nitrogens with one attached hydrogen (secondary N) is 2. The predicted molar refractivity (Wildman–Crippen MR) is 129 cm³/mol. The molecule has 2 saturated heterocycles. The molecule has 0 saturated carbocycles. The third kappa shape index (κ3) is 6.65. The van der Waals surface area contributed by atoms with Crippen LogP contribution in [0.2, 0.25) is 0 Å². The van der Waals surface area contributed by atoms with Crippen LogP contribution in [0.15, 0.2) is 24.3 Å². The van der Waals surface area contributed by atoms with E-state index >= 15 is 0 Å². The smallest absolute Gasteiger partial charge is 0.405 e. The minimum Gasteiger partial charge on any atom is -0.405 e. The molecule has 0 radical (unpaired) electrons. The second-order valence-corrected chi connectivity index (χ2v) is 8.93. The number of anilines is 3. The molecule has 13 heteroatoms. The van der Waals surface area contributed by atoms with Gasteiger partial charge in [0.2, 0.25) is 23.8 Å². The molecule has 36 heavy (non-hydrogen) atoms. The van der Waals surface area contributed by atoms with Gasteiger partial charge in [-0.2, -0.15) is 15.0 Å². The average Bonchev–Trinajstić information content (AvgIpc) is 2.87. The van der Waals surface area contributed by atoms with Crippen LogP contribution in [0.4, 0.5) is 31.0 Å². The van der Waals surface area contributed by atoms with Crippen LogP contribution in [0.3, 0.4) is 0 Å². The lowest BCUT2D eigenvalue weighted by Crippen LogP contribution is -2.45. The molecule has 2 aromatic rings. The fourth-order valence-corrected chi connectivity index (χ4v) is 4.30. The first kappa shape index (κ1) is 25.7. The van der Waals surface area contributed by atoms with Crippen molar-refractivity contribution in [3.63, 3.8) is 0 Å². The highest BCUT2D eigenvalue weighted by atomic mass is 19.4. The van der Waals surface area contributed by atoms with E-state index in [-0.39, 0.29) is 29.7 Å². The molecule has 1 aromatic carbocycles. The lowest BCUT2D eigenvalue weighted by Gasteiger charge is -2.34. The number of alkyl halides is 3. The van der Waals surface area contributed by atoms with E-state index in [9.17, 15) is 18.0 Å². The summed E-state index contributed by atoms with van der Waals surface area (Å²) in [5.41, 5.74) is 0.266. The molecule has 1 amide bonds. The number of halogens is 3. The van der Waals surface area contributed by atoms with Crippen molar-refractivity contribution in [2.75, 3.05) is 68.5 Å². The Morgan fingerprint density at radius 1 is 1.00 bits per heavy atom. The minimum atomic E-state index is -4.79. The van der Waals surface area contributed by atoms with Gasteiger partial charge in [-0.05, 0) is 26.0 Å². The Hall–Kier alpha value is -3.35. The van der Waals surface area contributed by atoms with E-state index in [1.54, 1.807) is 13.1 Å². The number of nitrogens with zero attached hydrogens (tertiary/aromatic N) is 6. The fourth-order valence-electron chi connectivity index (χ4n) is 4.30. The second kappa shape index (κ2) is 11.1. The Morgan fingerprint density at radius 3 is 2.22 bits per heavy atom. The number of carbonyl (C=O) groups excluding carboxylic acids is 1. The van der Waals surface area contributed by atoms with E-state index in [0.29, 0.717) is 43.8 Å². The van der Waals surface area contributed by atoms with E-state index in [1.165, 1.54) is 18.2 Å². The molecule has 2 fully saturated rings. The Morgan fingerprint density at radius 2 is 1.61 bits per heavy atom. The van der Waals surface area contributed by atoms with Crippen LogP contribution in [0, 0.1) is 5.92 Å². The van der Waals surface area contributed by atoms with Gasteiger partial charge in [0.25, 0.3) is 0 Å². The lowest BCUT2D eigenvalue weighted by atomic mass is 9.96. The third-order valence-corrected chi connectivity index (χ3v) is 6.42. The molecule has 196 valence electrons. The zero-order valence-electron chi connectivity index (χ0n) is 20.4. The summed E-state index contributed by atoms with van der Waals surface area (Å²) in [6.45, 7) is 4.67. The highest BCUT2D eigenvalue weighted by Crippen LogP contribution is 2.27. The number of amides is 1.